The zero-order valence-corrected chi connectivity index (χ0v) is 9.97. The van der Waals surface area contributed by atoms with Crippen LogP contribution in [0.3, 0.4) is 0 Å². The normalized spacial score (nSPS) is 28.5. The van der Waals surface area contributed by atoms with Crippen molar-refractivity contribution in [3.8, 4) is 6.07 Å². The molecule has 1 fully saturated rings. The number of benzene rings is 1. The smallest absolute Gasteiger partial charge is 0.110 e. The summed E-state index contributed by atoms with van der Waals surface area (Å²) in [6.07, 6.45) is 2.17. The Labute approximate surface area is 95.5 Å². The molecule has 0 amide bonds. The van der Waals surface area contributed by atoms with Crippen molar-refractivity contribution in [3.05, 3.63) is 29.8 Å². The second-order valence-corrected chi connectivity index (χ2v) is 5.63. The molecule has 1 aliphatic rings. The predicted molar refractivity (Wildman–Crippen MR) is 63.8 cm³/mol. The molecule has 2 rings (SSSR count). The summed E-state index contributed by atoms with van der Waals surface area (Å²) in [5.74, 6) is 0.591. The van der Waals surface area contributed by atoms with Gasteiger partial charge in [0, 0.05) is 4.90 Å². The Bertz CT molecular complexity index is 407. The van der Waals surface area contributed by atoms with Gasteiger partial charge in [0.25, 0.3) is 0 Å². The van der Waals surface area contributed by atoms with E-state index >= 15 is 0 Å². The van der Waals surface area contributed by atoms with Gasteiger partial charge in [0.2, 0.25) is 0 Å². The van der Waals surface area contributed by atoms with Gasteiger partial charge in [0.05, 0.1) is 6.07 Å². The molecule has 78 valence electrons. The van der Waals surface area contributed by atoms with Gasteiger partial charge >= 0.3 is 0 Å². The Morgan fingerprint density at radius 2 is 2.40 bits per heavy atom. The molecule has 1 nitrogen and oxygen atoms in total. The third-order valence-corrected chi connectivity index (χ3v) is 4.47. The lowest BCUT2D eigenvalue weighted by Crippen LogP contribution is -2.02. The van der Waals surface area contributed by atoms with E-state index in [0.717, 1.165) is 12.8 Å². The molecule has 0 spiro atoms. The molecule has 1 aliphatic carbocycles. The zero-order valence-electron chi connectivity index (χ0n) is 9.16. The lowest BCUT2D eigenvalue weighted by Gasteiger charge is -2.08. The summed E-state index contributed by atoms with van der Waals surface area (Å²) in [6, 6.07) is 10.9. The van der Waals surface area contributed by atoms with E-state index in [1.165, 1.54) is 10.5 Å². The van der Waals surface area contributed by atoms with Crippen LogP contribution in [0.15, 0.2) is 29.2 Å². The van der Waals surface area contributed by atoms with E-state index in [2.05, 4.69) is 44.2 Å². The molecule has 2 atom stereocenters. The molecule has 1 aromatic carbocycles. The average molecular weight is 217 g/mol. The van der Waals surface area contributed by atoms with Crippen molar-refractivity contribution in [1.29, 1.82) is 5.26 Å². The monoisotopic (exact) mass is 217 g/mol. The van der Waals surface area contributed by atoms with Crippen molar-refractivity contribution in [2.75, 3.05) is 0 Å². The number of thioether (sulfide) groups is 1. The van der Waals surface area contributed by atoms with Crippen LogP contribution in [-0.4, -0.2) is 4.75 Å². The van der Waals surface area contributed by atoms with Gasteiger partial charge in [0.1, 0.15) is 4.75 Å². The van der Waals surface area contributed by atoms with E-state index in [4.69, 9.17) is 0 Å². The van der Waals surface area contributed by atoms with Crippen molar-refractivity contribution in [3.63, 3.8) is 0 Å². The summed E-state index contributed by atoms with van der Waals surface area (Å²) in [6.45, 7) is 4.26. The highest BCUT2D eigenvalue weighted by atomic mass is 32.2. The van der Waals surface area contributed by atoms with E-state index in [1.807, 2.05) is 0 Å². The number of hydrogen-bond acceptors (Lipinski definition) is 2. The van der Waals surface area contributed by atoms with Crippen molar-refractivity contribution in [2.45, 2.75) is 36.3 Å². The first-order valence-corrected chi connectivity index (χ1v) is 6.19. The quantitative estimate of drug-likeness (QED) is 0.769. The van der Waals surface area contributed by atoms with Crippen LogP contribution < -0.4 is 0 Å². The van der Waals surface area contributed by atoms with Crippen molar-refractivity contribution >= 4 is 11.8 Å². The lowest BCUT2D eigenvalue weighted by atomic mass is 10.2. The van der Waals surface area contributed by atoms with E-state index < -0.39 is 0 Å². The maximum Gasteiger partial charge on any atom is 0.110 e. The maximum absolute atomic E-state index is 9.22. The van der Waals surface area contributed by atoms with Crippen LogP contribution in [0.1, 0.15) is 25.3 Å². The molecule has 0 aliphatic heterocycles. The third-order valence-electron chi connectivity index (χ3n) is 3.02. The van der Waals surface area contributed by atoms with E-state index in [0.29, 0.717) is 5.92 Å². The molecule has 0 bridgehead atoms. The van der Waals surface area contributed by atoms with Gasteiger partial charge in [-0.1, -0.05) is 31.0 Å². The van der Waals surface area contributed by atoms with Crippen LogP contribution in [0, 0.1) is 24.2 Å². The first kappa shape index (κ1) is 10.6. The van der Waals surface area contributed by atoms with Crippen LogP contribution >= 0.6 is 11.8 Å². The van der Waals surface area contributed by atoms with E-state index in [-0.39, 0.29) is 4.75 Å². The van der Waals surface area contributed by atoms with Gasteiger partial charge in [-0.3, -0.25) is 0 Å². The fourth-order valence-corrected chi connectivity index (χ4v) is 3.43. The highest BCUT2D eigenvalue weighted by Crippen LogP contribution is 2.57. The molecular weight excluding hydrogens is 202 g/mol. The first-order chi connectivity index (χ1) is 7.20. The maximum atomic E-state index is 9.22. The highest BCUT2D eigenvalue weighted by Gasteiger charge is 2.54. The zero-order chi connectivity index (χ0) is 10.9. The fraction of sp³-hybridized carbons (Fsp3) is 0.462. The molecule has 1 saturated carbocycles. The Balaban J connectivity index is 2.13. The molecule has 0 heterocycles. The Morgan fingerprint density at radius 3 is 2.93 bits per heavy atom. The first-order valence-electron chi connectivity index (χ1n) is 5.37. The topological polar surface area (TPSA) is 23.8 Å². The van der Waals surface area contributed by atoms with Crippen molar-refractivity contribution in [2.24, 2.45) is 5.92 Å². The number of rotatable bonds is 3. The van der Waals surface area contributed by atoms with Gasteiger partial charge in [-0.2, -0.15) is 5.26 Å². The molecule has 15 heavy (non-hydrogen) atoms. The molecule has 2 heteroatoms. The average Bonchev–Trinajstić information content (AvgIpc) is 2.92. The molecule has 0 radical (unpaired) electrons. The van der Waals surface area contributed by atoms with Crippen LogP contribution in [0.4, 0.5) is 0 Å². The van der Waals surface area contributed by atoms with Crippen LogP contribution in [0.5, 0.6) is 0 Å². The summed E-state index contributed by atoms with van der Waals surface area (Å²) in [5.41, 5.74) is 1.27. The predicted octanol–water partition coefficient (Wildman–Crippen LogP) is 3.78. The lowest BCUT2D eigenvalue weighted by molar-refractivity contribution is 0.776. The summed E-state index contributed by atoms with van der Waals surface area (Å²) >= 11 is 1.74. The Morgan fingerprint density at radius 1 is 1.60 bits per heavy atom. The largest absolute Gasteiger partial charge is 0.197 e. The summed E-state index contributed by atoms with van der Waals surface area (Å²) in [7, 11) is 0. The minimum absolute atomic E-state index is 0.122. The van der Waals surface area contributed by atoms with Gasteiger partial charge in [-0.25, -0.2) is 0 Å². The van der Waals surface area contributed by atoms with Crippen molar-refractivity contribution < 1.29 is 0 Å². The Hall–Kier alpha value is -0.940. The SMILES string of the molecule is CCC1CC1(C#N)Sc1cccc(C)c1. The minimum atomic E-state index is -0.122. The minimum Gasteiger partial charge on any atom is -0.197 e. The fourth-order valence-electron chi connectivity index (χ4n) is 1.96. The van der Waals surface area contributed by atoms with Crippen LogP contribution in [0.25, 0.3) is 0 Å². The summed E-state index contributed by atoms with van der Waals surface area (Å²) < 4.78 is -0.122. The second-order valence-electron chi connectivity index (χ2n) is 4.23. The Kier molecular flexibility index (Phi) is 2.75. The van der Waals surface area contributed by atoms with E-state index in [9.17, 15) is 5.26 Å². The molecule has 0 saturated heterocycles. The molecule has 1 aromatic rings. The molecular formula is C13H15NS. The molecule has 2 unspecified atom stereocenters. The van der Waals surface area contributed by atoms with Gasteiger partial charge < -0.3 is 0 Å². The highest BCUT2D eigenvalue weighted by molar-refractivity contribution is 8.01. The van der Waals surface area contributed by atoms with Gasteiger partial charge in [0.15, 0.2) is 0 Å². The number of nitriles is 1. The number of aryl methyl sites for hydroxylation is 1. The molecule has 0 aromatic heterocycles. The number of nitrogens with zero attached hydrogens (tertiary/aromatic N) is 1. The standard InChI is InChI=1S/C13H15NS/c1-3-11-8-13(11,9-14)15-12-6-4-5-10(2)7-12/h4-7,11H,3,8H2,1-2H3. The number of hydrogen-bond donors (Lipinski definition) is 0. The van der Waals surface area contributed by atoms with Crippen molar-refractivity contribution in [1.82, 2.24) is 0 Å². The second kappa shape index (κ2) is 3.90. The third kappa shape index (κ3) is 2.03. The molecule has 0 N–H and O–H groups in total. The van der Waals surface area contributed by atoms with Crippen LogP contribution in [-0.2, 0) is 0 Å². The van der Waals surface area contributed by atoms with Gasteiger partial charge in [-0.05, 0) is 31.4 Å². The van der Waals surface area contributed by atoms with Gasteiger partial charge in [-0.15, -0.1) is 11.8 Å². The van der Waals surface area contributed by atoms with E-state index in [1.54, 1.807) is 11.8 Å². The summed E-state index contributed by atoms with van der Waals surface area (Å²) in [5, 5.41) is 9.22. The van der Waals surface area contributed by atoms with Crippen LogP contribution in [0.2, 0.25) is 0 Å². The summed E-state index contributed by atoms with van der Waals surface area (Å²) in [4.78, 5) is 1.23.